The summed E-state index contributed by atoms with van der Waals surface area (Å²) in [5, 5.41) is 3.44. The first-order valence-corrected chi connectivity index (χ1v) is 7.26. The lowest BCUT2D eigenvalue weighted by Crippen LogP contribution is -2.19. The Bertz CT molecular complexity index is 395. The van der Waals surface area contributed by atoms with E-state index in [2.05, 4.69) is 15.0 Å². The number of ether oxygens (including phenoxy) is 1. The van der Waals surface area contributed by atoms with Gasteiger partial charge in [-0.25, -0.2) is 4.79 Å². The molecule has 1 aromatic rings. The lowest BCUT2D eigenvalue weighted by molar-refractivity contribution is 0.0594. The van der Waals surface area contributed by atoms with Crippen LogP contribution in [0.1, 0.15) is 54.7 Å². The zero-order chi connectivity index (χ0) is 13.5. The number of carbonyl (C=O) groups excluding carboxylic acids is 1. The van der Waals surface area contributed by atoms with Crippen LogP contribution in [0.15, 0.2) is 12.1 Å². The molecule has 1 aliphatic carbocycles. The maximum atomic E-state index is 11.3. The minimum atomic E-state index is -0.312. The van der Waals surface area contributed by atoms with Crippen molar-refractivity contribution in [3.63, 3.8) is 0 Å². The molecule has 1 fully saturated rings. The number of hydrogen-bond acceptors (Lipinski definition) is 3. The number of methoxy groups -OCH3 is 1. The molecule has 0 saturated heterocycles. The van der Waals surface area contributed by atoms with Crippen molar-refractivity contribution in [3.05, 3.63) is 23.5 Å². The van der Waals surface area contributed by atoms with Gasteiger partial charge in [0.2, 0.25) is 0 Å². The van der Waals surface area contributed by atoms with Gasteiger partial charge in [-0.1, -0.05) is 32.1 Å². The third-order valence-electron chi connectivity index (χ3n) is 3.92. The highest BCUT2D eigenvalue weighted by atomic mass is 16.5. The van der Waals surface area contributed by atoms with Crippen LogP contribution in [0.2, 0.25) is 0 Å². The summed E-state index contributed by atoms with van der Waals surface area (Å²) in [6.45, 7) is 1.83. The number of H-pyrrole nitrogens is 1. The van der Waals surface area contributed by atoms with Gasteiger partial charge < -0.3 is 15.0 Å². The zero-order valence-electron chi connectivity index (χ0n) is 11.7. The van der Waals surface area contributed by atoms with Gasteiger partial charge in [0.05, 0.1) is 7.11 Å². The molecule has 0 radical (unpaired) electrons. The molecule has 4 nitrogen and oxygen atoms in total. The number of carbonyl (C=O) groups is 1. The first-order valence-electron chi connectivity index (χ1n) is 7.26. The second-order valence-electron chi connectivity index (χ2n) is 5.36. The van der Waals surface area contributed by atoms with E-state index in [1.165, 1.54) is 45.6 Å². The van der Waals surface area contributed by atoms with Crippen LogP contribution in [-0.2, 0) is 11.3 Å². The van der Waals surface area contributed by atoms with E-state index < -0.39 is 0 Å². The molecule has 0 spiro atoms. The van der Waals surface area contributed by atoms with Crippen LogP contribution in [0.5, 0.6) is 0 Å². The van der Waals surface area contributed by atoms with E-state index in [1.54, 1.807) is 6.07 Å². The molecule has 19 heavy (non-hydrogen) atoms. The number of esters is 1. The van der Waals surface area contributed by atoms with Gasteiger partial charge in [-0.3, -0.25) is 0 Å². The monoisotopic (exact) mass is 264 g/mol. The summed E-state index contributed by atoms with van der Waals surface area (Å²) < 4.78 is 4.66. The fraction of sp³-hybridized carbons (Fsp3) is 0.667. The smallest absolute Gasteiger partial charge is 0.354 e. The lowest BCUT2D eigenvalue weighted by Gasteiger charge is -2.21. The second kappa shape index (κ2) is 7.34. The van der Waals surface area contributed by atoms with Crippen molar-refractivity contribution >= 4 is 5.97 Å². The molecule has 2 rings (SSSR count). The van der Waals surface area contributed by atoms with Gasteiger partial charge in [0.25, 0.3) is 0 Å². The van der Waals surface area contributed by atoms with Gasteiger partial charge in [-0.05, 0) is 31.0 Å². The SMILES string of the molecule is COC(=O)c1ccc(CNCCC2CCCCC2)[nH]1. The standard InChI is InChI=1S/C15H24N2O2/c1-19-15(18)14-8-7-13(17-14)11-16-10-9-12-5-3-2-4-6-12/h7-8,12,16-17H,2-6,9-11H2,1H3. The summed E-state index contributed by atoms with van der Waals surface area (Å²) in [5.41, 5.74) is 1.55. The van der Waals surface area contributed by atoms with Gasteiger partial charge in [-0.15, -0.1) is 0 Å². The minimum absolute atomic E-state index is 0.312. The average Bonchev–Trinajstić information content (AvgIpc) is 2.93. The normalized spacial score (nSPS) is 16.5. The van der Waals surface area contributed by atoms with Crippen molar-refractivity contribution in [1.29, 1.82) is 0 Å². The molecule has 1 saturated carbocycles. The first kappa shape index (κ1) is 14.1. The Morgan fingerprint density at radius 1 is 1.37 bits per heavy atom. The van der Waals surface area contributed by atoms with Gasteiger partial charge in [-0.2, -0.15) is 0 Å². The van der Waals surface area contributed by atoms with E-state index in [-0.39, 0.29) is 5.97 Å². The molecule has 4 heteroatoms. The average molecular weight is 264 g/mol. The van der Waals surface area contributed by atoms with Crippen LogP contribution in [0.4, 0.5) is 0 Å². The van der Waals surface area contributed by atoms with Crippen LogP contribution < -0.4 is 5.32 Å². The minimum Gasteiger partial charge on any atom is -0.464 e. The molecule has 2 N–H and O–H groups in total. The predicted octanol–water partition coefficient (Wildman–Crippen LogP) is 2.86. The third-order valence-corrected chi connectivity index (χ3v) is 3.92. The number of rotatable bonds is 6. The quantitative estimate of drug-likeness (QED) is 0.613. The van der Waals surface area contributed by atoms with Gasteiger partial charge >= 0.3 is 5.97 Å². The van der Waals surface area contributed by atoms with Gasteiger partial charge in [0.15, 0.2) is 0 Å². The van der Waals surface area contributed by atoms with E-state index in [1.807, 2.05) is 6.07 Å². The highest BCUT2D eigenvalue weighted by molar-refractivity contribution is 5.87. The second-order valence-corrected chi connectivity index (χ2v) is 5.36. The molecule has 0 unspecified atom stereocenters. The Kier molecular flexibility index (Phi) is 5.45. The van der Waals surface area contributed by atoms with Crippen molar-refractivity contribution in [2.45, 2.75) is 45.1 Å². The van der Waals surface area contributed by atoms with Crippen LogP contribution in [0.3, 0.4) is 0 Å². The van der Waals surface area contributed by atoms with E-state index in [0.29, 0.717) is 5.69 Å². The molecule has 0 aliphatic heterocycles. The summed E-state index contributed by atoms with van der Waals surface area (Å²) in [4.78, 5) is 14.4. The molecule has 1 aromatic heterocycles. The van der Waals surface area contributed by atoms with Gasteiger partial charge in [0, 0.05) is 12.2 Å². The Balaban J connectivity index is 1.65. The van der Waals surface area contributed by atoms with Crippen LogP contribution >= 0.6 is 0 Å². The molecular weight excluding hydrogens is 240 g/mol. The fourth-order valence-corrected chi connectivity index (χ4v) is 2.78. The number of nitrogens with one attached hydrogen (secondary N) is 2. The van der Waals surface area contributed by atoms with E-state index >= 15 is 0 Å². The third kappa shape index (κ3) is 4.39. The van der Waals surface area contributed by atoms with Crippen molar-refractivity contribution in [2.24, 2.45) is 5.92 Å². The zero-order valence-corrected chi connectivity index (χ0v) is 11.7. The van der Waals surface area contributed by atoms with Crippen molar-refractivity contribution in [2.75, 3.05) is 13.7 Å². The largest absolute Gasteiger partial charge is 0.464 e. The molecule has 1 heterocycles. The number of hydrogen-bond donors (Lipinski definition) is 2. The summed E-state index contributed by atoms with van der Waals surface area (Å²) in [6.07, 6.45) is 8.30. The van der Waals surface area contributed by atoms with Crippen molar-refractivity contribution < 1.29 is 9.53 Å². The van der Waals surface area contributed by atoms with Crippen LogP contribution in [-0.4, -0.2) is 24.6 Å². The molecule has 106 valence electrons. The summed E-state index contributed by atoms with van der Waals surface area (Å²) in [7, 11) is 1.39. The molecule has 1 aliphatic rings. The Hall–Kier alpha value is -1.29. The highest BCUT2D eigenvalue weighted by Crippen LogP contribution is 2.25. The van der Waals surface area contributed by atoms with Crippen molar-refractivity contribution in [3.8, 4) is 0 Å². The van der Waals surface area contributed by atoms with Crippen LogP contribution in [0.25, 0.3) is 0 Å². The van der Waals surface area contributed by atoms with Gasteiger partial charge in [0.1, 0.15) is 5.69 Å². The van der Waals surface area contributed by atoms with Crippen molar-refractivity contribution in [1.82, 2.24) is 10.3 Å². The fourth-order valence-electron chi connectivity index (χ4n) is 2.78. The van der Waals surface area contributed by atoms with E-state index in [9.17, 15) is 4.79 Å². The maximum absolute atomic E-state index is 11.3. The van der Waals surface area contributed by atoms with E-state index in [4.69, 9.17) is 0 Å². The Labute approximate surface area is 114 Å². The number of aromatic amines is 1. The first-order chi connectivity index (χ1) is 9.29. The summed E-state index contributed by atoms with van der Waals surface area (Å²) >= 11 is 0. The van der Waals surface area contributed by atoms with Crippen LogP contribution in [0, 0.1) is 5.92 Å². The maximum Gasteiger partial charge on any atom is 0.354 e. The topological polar surface area (TPSA) is 54.1 Å². The molecule has 0 bridgehead atoms. The number of aromatic nitrogens is 1. The summed E-state index contributed by atoms with van der Waals surface area (Å²) in [6, 6.07) is 3.70. The molecule has 0 atom stereocenters. The Morgan fingerprint density at radius 3 is 2.89 bits per heavy atom. The highest BCUT2D eigenvalue weighted by Gasteiger charge is 2.12. The Morgan fingerprint density at radius 2 is 2.16 bits per heavy atom. The van der Waals surface area contributed by atoms with E-state index in [0.717, 1.165) is 24.7 Å². The predicted molar refractivity (Wildman–Crippen MR) is 75.0 cm³/mol. The lowest BCUT2D eigenvalue weighted by atomic mass is 9.87. The molecule has 0 aromatic carbocycles. The molecule has 0 amide bonds. The summed E-state index contributed by atoms with van der Waals surface area (Å²) in [5.74, 6) is 0.601. The molecular formula is C15H24N2O2.